The van der Waals surface area contributed by atoms with Gasteiger partial charge in [-0.05, 0) is 59.0 Å². The summed E-state index contributed by atoms with van der Waals surface area (Å²) in [6, 6.07) is 11.0. The molecule has 0 atom stereocenters. The van der Waals surface area contributed by atoms with Crippen LogP contribution in [0.4, 0.5) is 0 Å². The number of nitrogens with one attached hydrogen (secondary N) is 1. The van der Waals surface area contributed by atoms with Crippen LogP contribution in [-0.2, 0) is 6.42 Å². The minimum Gasteiger partial charge on any atom is -0.460 e. The van der Waals surface area contributed by atoms with Crippen LogP contribution in [0.1, 0.15) is 28.8 Å². The van der Waals surface area contributed by atoms with Gasteiger partial charge in [-0.15, -0.1) is 0 Å². The van der Waals surface area contributed by atoms with Crippen molar-refractivity contribution in [2.24, 2.45) is 5.10 Å². The predicted molar refractivity (Wildman–Crippen MR) is 82.3 cm³/mol. The predicted octanol–water partition coefficient (Wildman–Crippen LogP) is 3.21. The number of hydrazone groups is 1. The van der Waals surface area contributed by atoms with Crippen molar-refractivity contribution in [1.29, 1.82) is 0 Å². The van der Waals surface area contributed by atoms with Crippen LogP contribution in [0.25, 0.3) is 0 Å². The average molecular weight is 368 g/mol. The summed E-state index contributed by atoms with van der Waals surface area (Å²) in [6.07, 6.45) is 2.33. The Morgan fingerprint density at radius 2 is 2.05 bits per heavy atom. The van der Waals surface area contributed by atoms with E-state index in [0.717, 1.165) is 15.8 Å². The molecule has 0 unspecified atom stereocenters. The molecule has 0 aliphatic rings. The fraction of sp³-hybridized carbons (Fsp3) is 0.143. The van der Waals surface area contributed by atoms with Gasteiger partial charge in [0.05, 0.1) is 6.21 Å². The van der Waals surface area contributed by atoms with Crippen LogP contribution in [0, 0.1) is 3.57 Å². The molecule has 1 heterocycles. The lowest BCUT2D eigenvalue weighted by atomic mass is 10.2. The standard InChI is InChI=1S/C14H13IN2O2/c1-2-12-7-8-13(19-12)9-16-17-14(18)10-3-5-11(15)6-4-10/h3-9H,2H2,1H3,(H,17,18)/b16-9-. The van der Waals surface area contributed by atoms with Crippen molar-refractivity contribution in [3.05, 3.63) is 57.1 Å². The number of halogens is 1. The zero-order valence-electron chi connectivity index (χ0n) is 10.4. The number of carbonyl (C=O) groups is 1. The van der Waals surface area contributed by atoms with Crippen molar-refractivity contribution in [3.63, 3.8) is 0 Å². The van der Waals surface area contributed by atoms with Crippen LogP contribution in [0.2, 0.25) is 0 Å². The third-order valence-electron chi connectivity index (χ3n) is 2.50. The van der Waals surface area contributed by atoms with Crippen molar-refractivity contribution in [1.82, 2.24) is 5.43 Å². The topological polar surface area (TPSA) is 54.6 Å². The fourth-order valence-electron chi connectivity index (χ4n) is 1.47. The molecule has 0 spiro atoms. The SMILES string of the molecule is CCc1ccc(/C=N\NC(=O)c2ccc(I)cc2)o1. The van der Waals surface area contributed by atoms with Gasteiger partial charge in [0.15, 0.2) is 0 Å². The highest BCUT2D eigenvalue weighted by molar-refractivity contribution is 14.1. The minimum atomic E-state index is -0.241. The monoisotopic (exact) mass is 368 g/mol. The molecule has 2 rings (SSSR count). The summed E-state index contributed by atoms with van der Waals surface area (Å²) in [4.78, 5) is 11.7. The van der Waals surface area contributed by atoms with E-state index in [9.17, 15) is 4.79 Å². The van der Waals surface area contributed by atoms with Crippen LogP contribution >= 0.6 is 22.6 Å². The Hall–Kier alpha value is -1.63. The van der Waals surface area contributed by atoms with Gasteiger partial charge in [0.2, 0.25) is 0 Å². The lowest BCUT2D eigenvalue weighted by Crippen LogP contribution is -2.17. The average Bonchev–Trinajstić information content (AvgIpc) is 2.87. The van der Waals surface area contributed by atoms with Gasteiger partial charge in [-0.1, -0.05) is 6.92 Å². The van der Waals surface area contributed by atoms with Gasteiger partial charge in [-0.3, -0.25) is 4.79 Å². The molecule has 4 nitrogen and oxygen atoms in total. The van der Waals surface area contributed by atoms with E-state index in [0.29, 0.717) is 11.3 Å². The summed E-state index contributed by atoms with van der Waals surface area (Å²) in [5.74, 6) is 1.28. The van der Waals surface area contributed by atoms with E-state index in [4.69, 9.17) is 4.42 Å². The van der Waals surface area contributed by atoms with Gasteiger partial charge in [0, 0.05) is 15.6 Å². The molecule has 0 bridgehead atoms. The number of furan rings is 1. The minimum absolute atomic E-state index is 0.241. The van der Waals surface area contributed by atoms with Gasteiger partial charge in [-0.25, -0.2) is 5.43 Å². The molecule has 1 N–H and O–H groups in total. The zero-order chi connectivity index (χ0) is 13.7. The zero-order valence-corrected chi connectivity index (χ0v) is 12.5. The summed E-state index contributed by atoms with van der Waals surface area (Å²) in [5.41, 5.74) is 3.04. The molecule has 0 saturated carbocycles. The molecular formula is C14H13IN2O2. The molecule has 19 heavy (non-hydrogen) atoms. The third kappa shape index (κ3) is 3.92. The Bertz CT molecular complexity index is 588. The third-order valence-corrected chi connectivity index (χ3v) is 3.21. The summed E-state index contributed by atoms with van der Waals surface area (Å²) in [5, 5.41) is 3.87. The maximum absolute atomic E-state index is 11.7. The number of hydrogen-bond donors (Lipinski definition) is 1. The van der Waals surface area contributed by atoms with Crippen LogP contribution in [0.15, 0.2) is 45.9 Å². The number of rotatable bonds is 4. The Kier molecular flexibility index (Phi) is 4.73. The van der Waals surface area contributed by atoms with Crippen LogP contribution in [0.3, 0.4) is 0 Å². The Labute approximate surface area is 125 Å². The quantitative estimate of drug-likeness (QED) is 0.512. The summed E-state index contributed by atoms with van der Waals surface area (Å²) in [7, 11) is 0. The molecule has 0 saturated heterocycles. The molecule has 0 fully saturated rings. The van der Waals surface area contributed by atoms with E-state index in [1.807, 2.05) is 31.2 Å². The van der Waals surface area contributed by atoms with Gasteiger partial charge in [-0.2, -0.15) is 5.10 Å². The Morgan fingerprint density at radius 1 is 1.32 bits per heavy atom. The number of benzene rings is 1. The van der Waals surface area contributed by atoms with Gasteiger partial charge < -0.3 is 4.42 Å². The van der Waals surface area contributed by atoms with Crippen LogP contribution < -0.4 is 5.43 Å². The first-order valence-corrected chi connectivity index (χ1v) is 6.94. The van der Waals surface area contributed by atoms with E-state index in [1.54, 1.807) is 12.1 Å². The molecule has 0 aliphatic carbocycles. The molecular weight excluding hydrogens is 355 g/mol. The second kappa shape index (κ2) is 6.51. The number of aryl methyl sites for hydroxylation is 1. The summed E-state index contributed by atoms with van der Waals surface area (Å²) < 4.78 is 6.52. The van der Waals surface area contributed by atoms with Crippen molar-refractivity contribution in [2.75, 3.05) is 0 Å². The first kappa shape index (κ1) is 13.8. The largest absolute Gasteiger partial charge is 0.460 e. The van der Waals surface area contributed by atoms with Gasteiger partial charge in [0.25, 0.3) is 5.91 Å². The highest BCUT2D eigenvalue weighted by atomic mass is 127. The van der Waals surface area contributed by atoms with Crippen LogP contribution in [0.5, 0.6) is 0 Å². The molecule has 1 amide bonds. The first-order valence-electron chi connectivity index (χ1n) is 5.86. The lowest BCUT2D eigenvalue weighted by Gasteiger charge is -1.99. The molecule has 1 aromatic heterocycles. The van der Waals surface area contributed by atoms with E-state index in [2.05, 4.69) is 33.1 Å². The maximum atomic E-state index is 11.7. The highest BCUT2D eigenvalue weighted by Gasteiger charge is 2.03. The lowest BCUT2D eigenvalue weighted by molar-refractivity contribution is 0.0955. The van der Waals surface area contributed by atoms with Gasteiger partial charge in [0.1, 0.15) is 11.5 Å². The smallest absolute Gasteiger partial charge is 0.271 e. The Morgan fingerprint density at radius 3 is 2.68 bits per heavy atom. The van der Waals surface area contributed by atoms with Gasteiger partial charge >= 0.3 is 0 Å². The van der Waals surface area contributed by atoms with Crippen molar-refractivity contribution in [3.8, 4) is 0 Å². The second-order valence-electron chi connectivity index (χ2n) is 3.86. The summed E-state index contributed by atoms with van der Waals surface area (Å²) >= 11 is 2.19. The Balaban J connectivity index is 1.94. The molecule has 2 aromatic rings. The maximum Gasteiger partial charge on any atom is 0.271 e. The fourth-order valence-corrected chi connectivity index (χ4v) is 1.83. The summed E-state index contributed by atoms with van der Waals surface area (Å²) in [6.45, 7) is 2.01. The molecule has 98 valence electrons. The van der Waals surface area contributed by atoms with Crippen molar-refractivity contribution < 1.29 is 9.21 Å². The number of carbonyl (C=O) groups excluding carboxylic acids is 1. The molecule has 0 radical (unpaired) electrons. The number of nitrogens with zero attached hydrogens (tertiary/aromatic N) is 1. The van der Waals surface area contributed by atoms with E-state index >= 15 is 0 Å². The van der Waals surface area contributed by atoms with Crippen molar-refractivity contribution >= 4 is 34.7 Å². The number of hydrogen-bond acceptors (Lipinski definition) is 3. The highest BCUT2D eigenvalue weighted by Crippen LogP contribution is 2.07. The second-order valence-corrected chi connectivity index (χ2v) is 5.11. The van der Waals surface area contributed by atoms with E-state index in [-0.39, 0.29) is 5.91 Å². The molecule has 1 aromatic carbocycles. The van der Waals surface area contributed by atoms with Crippen LogP contribution in [-0.4, -0.2) is 12.1 Å². The van der Waals surface area contributed by atoms with E-state index < -0.39 is 0 Å². The number of amides is 1. The van der Waals surface area contributed by atoms with Crippen molar-refractivity contribution in [2.45, 2.75) is 13.3 Å². The first-order chi connectivity index (χ1) is 9.19. The van der Waals surface area contributed by atoms with E-state index in [1.165, 1.54) is 6.21 Å². The normalized spacial score (nSPS) is 10.8. The molecule has 0 aliphatic heterocycles. The molecule has 5 heteroatoms.